The number of aliphatic carboxylic acids is 1. The molecule has 1 unspecified atom stereocenters. The second-order valence-electron chi connectivity index (χ2n) is 8.15. The van der Waals surface area contributed by atoms with Crippen molar-refractivity contribution in [1.29, 1.82) is 0 Å². The van der Waals surface area contributed by atoms with Gasteiger partial charge in [0.1, 0.15) is 11.9 Å². The number of ether oxygens (including phenoxy) is 1. The summed E-state index contributed by atoms with van der Waals surface area (Å²) in [6.45, 7) is 1.07. The van der Waals surface area contributed by atoms with Gasteiger partial charge in [-0.1, -0.05) is 36.4 Å². The number of nitrogens with zero attached hydrogens (tertiary/aromatic N) is 2. The van der Waals surface area contributed by atoms with E-state index in [-0.39, 0.29) is 18.3 Å². The molecule has 0 amide bonds. The largest absolute Gasteiger partial charge is 0.489 e. The Morgan fingerprint density at radius 1 is 1.16 bits per heavy atom. The summed E-state index contributed by atoms with van der Waals surface area (Å²) in [6.07, 6.45) is 5.89. The van der Waals surface area contributed by atoms with Crippen molar-refractivity contribution in [3.05, 3.63) is 66.5 Å². The van der Waals surface area contributed by atoms with Gasteiger partial charge in [0, 0.05) is 31.9 Å². The van der Waals surface area contributed by atoms with E-state index < -0.39 is 24.0 Å². The highest BCUT2D eigenvalue weighted by Gasteiger charge is 2.45. The van der Waals surface area contributed by atoms with Crippen LogP contribution >= 0.6 is 0 Å². The van der Waals surface area contributed by atoms with Gasteiger partial charge in [0.25, 0.3) is 0 Å². The molecule has 3 heterocycles. The first kappa shape index (κ1) is 21.2. The smallest absolute Gasteiger partial charge is 0.308 e. The number of pyridine rings is 1. The Hall–Kier alpha value is -3.03. The first-order valence-electron chi connectivity index (χ1n) is 10.5. The number of carboxylic acids is 1. The molecule has 1 aromatic carbocycles. The van der Waals surface area contributed by atoms with Crippen LogP contribution < -0.4 is 10.1 Å². The first-order chi connectivity index (χ1) is 15.0. The summed E-state index contributed by atoms with van der Waals surface area (Å²) < 4.78 is 5.97. The van der Waals surface area contributed by atoms with Crippen molar-refractivity contribution >= 4 is 17.3 Å². The van der Waals surface area contributed by atoms with Crippen molar-refractivity contribution in [3.63, 3.8) is 0 Å². The summed E-state index contributed by atoms with van der Waals surface area (Å²) >= 11 is 0. The van der Waals surface area contributed by atoms with Gasteiger partial charge in [-0.15, -0.1) is 0 Å². The van der Waals surface area contributed by atoms with Gasteiger partial charge >= 0.3 is 5.97 Å². The Labute approximate surface area is 181 Å². The third-order valence-electron chi connectivity index (χ3n) is 6.05. The SMILES string of the molecule is CN1C[C@@H](Oc2ccncc2)C[C@H](C(=O)O)[C@H]1C(=O)C1CC(c2ccccc2)=CCN1. The number of likely N-dealkylation sites (tertiary alicyclic amines) is 1. The molecule has 0 radical (unpaired) electrons. The number of nitrogens with one attached hydrogen (secondary N) is 1. The molecular weight excluding hydrogens is 394 g/mol. The number of hydrogen-bond acceptors (Lipinski definition) is 6. The Morgan fingerprint density at radius 3 is 2.61 bits per heavy atom. The maximum atomic E-state index is 13.5. The van der Waals surface area contributed by atoms with E-state index >= 15 is 0 Å². The number of likely N-dealkylation sites (N-methyl/N-ethyl adjacent to an activating group) is 1. The number of rotatable bonds is 6. The monoisotopic (exact) mass is 421 g/mol. The summed E-state index contributed by atoms with van der Waals surface area (Å²) in [7, 11) is 1.80. The lowest BCUT2D eigenvalue weighted by Crippen LogP contribution is -2.60. The van der Waals surface area contributed by atoms with Gasteiger partial charge in [-0.2, -0.15) is 0 Å². The number of carbonyl (C=O) groups excluding carboxylic acids is 1. The van der Waals surface area contributed by atoms with Crippen LogP contribution in [0.3, 0.4) is 0 Å². The highest BCUT2D eigenvalue weighted by atomic mass is 16.5. The molecule has 162 valence electrons. The molecule has 1 fully saturated rings. The minimum Gasteiger partial charge on any atom is -0.489 e. The maximum Gasteiger partial charge on any atom is 0.308 e. The van der Waals surface area contributed by atoms with Crippen molar-refractivity contribution in [2.45, 2.75) is 31.0 Å². The number of carbonyl (C=O) groups is 2. The fourth-order valence-corrected chi connectivity index (χ4v) is 4.57. The van der Waals surface area contributed by atoms with Crippen molar-refractivity contribution in [3.8, 4) is 5.75 Å². The molecule has 31 heavy (non-hydrogen) atoms. The van der Waals surface area contributed by atoms with E-state index in [1.807, 2.05) is 35.2 Å². The van der Waals surface area contributed by atoms with E-state index in [9.17, 15) is 14.7 Å². The van der Waals surface area contributed by atoms with E-state index in [1.165, 1.54) is 0 Å². The zero-order valence-corrected chi connectivity index (χ0v) is 17.5. The summed E-state index contributed by atoms with van der Waals surface area (Å²) in [4.78, 5) is 31.4. The van der Waals surface area contributed by atoms with Crippen LogP contribution in [0.25, 0.3) is 5.57 Å². The van der Waals surface area contributed by atoms with E-state index in [0.29, 0.717) is 25.3 Å². The Morgan fingerprint density at radius 2 is 1.90 bits per heavy atom. The Balaban J connectivity index is 1.48. The summed E-state index contributed by atoms with van der Waals surface area (Å²) in [5, 5.41) is 13.2. The molecule has 2 aromatic rings. The van der Waals surface area contributed by atoms with E-state index in [0.717, 1.165) is 11.1 Å². The van der Waals surface area contributed by atoms with Crippen LogP contribution in [0.4, 0.5) is 0 Å². The summed E-state index contributed by atoms with van der Waals surface area (Å²) in [5.74, 6) is -1.22. The third-order valence-corrected chi connectivity index (χ3v) is 6.05. The molecule has 2 aliphatic rings. The lowest BCUT2D eigenvalue weighted by molar-refractivity contribution is -0.152. The minimum atomic E-state index is -0.970. The van der Waals surface area contributed by atoms with Gasteiger partial charge < -0.3 is 15.2 Å². The predicted octanol–water partition coefficient (Wildman–Crippen LogP) is 2.25. The van der Waals surface area contributed by atoms with E-state index in [4.69, 9.17) is 4.74 Å². The highest BCUT2D eigenvalue weighted by molar-refractivity contribution is 5.95. The molecule has 4 rings (SSSR count). The van der Waals surface area contributed by atoms with Gasteiger partial charge in [-0.25, -0.2) is 0 Å². The van der Waals surface area contributed by atoms with Crippen molar-refractivity contribution < 1.29 is 19.4 Å². The van der Waals surface area contributed by atoms with Crippen LogP contribution in [0.1, 0.15) is 18.4 Å². The number of ketones is 1. The number of benzene rings is 1. The van der Waals surface area contributed by atoms with E-state index in [2.05, 4.69) is 16.4 Å². The topological polar surface area (TPSA) is 91.8 Å². The van der Waals surface area contributed by atoms with Crippen LogP contribution in [-0.2, 0) is 9.59 Å². The Bertz CT molecular complexity index is 948. The maximum absolute atomic E-state index is 13.5. The standard InChI is InChI=1S/C24H27N3O4/c1-27-15-19(31-18-8-10-25-11-9-18)14-20(24(29)30)22(27)23(28)21-13-17(7-12-26-21)16-5-3-2-4-6-16/h2-11,19-22,26H,12-15H2,1H3,(H,29,30)/t19-,20-,21?,22-/m0/s1. The average Bonchev–Trinajstić information content (AvgIpc) is 2.79. The van der Waals surface area contributed by atoms with Crippen LogP contribution in [0.2, 0.25) is 0 Å². The van der Waals surface area contributed by atoms with Crippen molar-refractivity contribution in [1.82, 2.24) is 15.2 Å². The average molecular weight is 421 g/mol. The van der Waals surface area contributed by atoms with Crippen LogP contribution in [0.5, 0.6) is 5.75 Å². The first-order valence-corrected chi connectivity index (χ1v) is 10.5. The van der Waals surface area contributed by atoms with Crippen LogP contribution in [0, 0.1) is 5.92 Å². The number of hydrogen-bond donors (Lipinski definition) is 2. The quantitative estimate of drug-likeness (QED) is 0.739. The van der Waals surface area contributed by atoms with Crippen molar-refractivity contribution in [2.75, 3.05) is 20.1 Å². The lowest BCUT2D eigenvalue weighted by Gasteiger charge is -2.41. The molecule has 7 nitrogen and oxygen atoms in total. The van der Waals surface area contributed by atoms with E-state index in [1.54, 1.807) is 31.6 Å². The Kier molecular flexibility index (Phi) is 6.44. The van der Waals surface area contributed by atoms with Crippen LogP contribution in [-0.4, -0.2) is 65.1 Å². The minimum absolute atomic E-state index is 0.0706. The molecule has 2 aliphatic heterocycles. The molecule has 4 atom stereocenters. The van der Waals surface area contributed by atoms with Crippen molar-refractivity contribution in [2.24, 2.45) is 5.92 Å². The predicted molar refractivity (Wildman–Crippen MR) is 117 cm³/mol. The lowest BCUT2D eigenvalue weighted by atomic mass is 9.81. The van der Waals surface area contributed by atoms with Gasteiger partial charge in [-0.05, 0) is 36.7 Å². The van der Waals surface area contributed by atoms with Gasteiger partial charge in [0.15, 0.2) is 5.78 Å². The van der Waals surface area contributed by atoms with Gasteiger partial charge in [-0.3, -0.25) is 19.5 Å². The molecular formula is C24H27N3O4. The second kappa shape index (κ2) is 9.41. The van der Waals surface area contributed by atoms with Crippen LogP contribution in [0.15, 0.2) is 60.9 Å². The fraction of sp³-hybridized carbons (Fsp3) is 0.375. The zero-order chi connectivity index (χ0) is 21.8. The normalized spacial score (nSPS) is 26.7. The molecule has 1 saturated heterocycles. The number of piperidine rings is 1. The molecule has 0 spiro atoms. The molecule has 0 aliphatic carbocycles. The molecule has 1 aromatic heterocycles. The summed E-state index contributed by atoms with van der Waals surface area (Å²) in [6, 6.07) is 12.4. The van der Waals surface area contributed by atoms with Gasteiger partial charge in [0.05, 0.1) is 18.0 Å². The third kappa shape index (κ3) is 4.84. The molecule has 0 saturated carbocycles. The fourth-order valence-electron chi connectivity index (χ4n) is 4.57. The molecule has 0 bridgehead atoms. The molecule has 7 heteroatoms. The second-order valence-corrected chi connectivity index (χ2v) is 8.15. The zero-order valence-electron chi connectivity index (χ0n) is 17.5. The number of aromatic nitrogens is 1. The number of carboxylic acid groups (broad SMARTS) is 1. The number of Topliss-reactive ketones (excluding diaryl/α,β-unsaturated/α-hetero) is 1. The summed E-state index contributed by atoms with van der Waals surface area (Å²) in [5.41, 5.74) is 2.21. The van der Waals surface area contributed by atoms with Gasteiger partial charge in [0.2, 0.25) is 0 Å². The highest BCUT2D eigenvalue weighted by Crippen LogP contribution is 2.30. The molecule has 2 N–H and O–H groups in total.